The fourth-order valence-electron chi connectivity index (χ4n) is 4.88. The normalized spacial score (nSPS) is 19.4. The predicted molar refractivity (Wildman–Crippen MR) is 130 cm³/mol. The number of hydrogen-bond donors (Lipinski definition) is 0. The molecule has 0 aliphatic carbocycles. The van der Waals surface area contributed by atoms with Crippen molar-refractivity contribution < 1.29 is 23.6 Å². The zero-order chi connectivity index (χ0) is 22.5. The van der Waals surface area contributed by atoms with Crippen molar-refractivity contribution in [3.63, 3.8) is 0 Å². The topological polar surface area (TPSA) is 61.5 Å². The van der Waals surface area contributed by atoms with Crippen LogP contribution in [0.1, 0.15) is 5.56 Å². The third-order valence-electron chi connectivity index (χ3n) is 6.71. The van der Waals surface area contributed by atoms with Crippen LogP contribution in [-0.2, 0) is 11.3 Å². The number of rotatable bonds is 4. The Bertz CT molecular complexity index is 1410. The van der Waals surface area contributed by atoms with Crippen molar-refractivity contribution in [1.82, 2.24) is 14.5 Å². The Morgan fingerprint density at radius 2 is 1.85 bits per heavy atom. The molecule has 0 bridgehead atoms. The molecule has 5 heterocycles. The quantitative estimate of drug-likeness (QED) is 0.408. The van der Waals surface area contributed by atoms with Crippen molar-refractivity contribution >= 4 is 39.9 Å². The van der Waals surface area contributed by atoms with Gasteiger partial charge in [-0.25, -0.2) is 0 Å². The van der Waals surface area contributed by atoms with Crippen LogP contribution >= 0.6 is 23.2 Å². The first-order valence-corrected chi connectivity index (χ1v) is 11.7. The molecule has 9 heteroatoms. The summed E-state index contributed by atoms with van der Waals surface area (Å²) in [6.07, 6.45) is 5.50. The zero-order valence-electron chi connectivity index (χ0n) is 18.7. The van der Waals surface area contributed by atoms with Crippen molar-refractivity contribution in [2.45, 2.75) is 6.54 Å². The third-order valence-corrected chi connectivity index (χ3v) is 7.45. The van der Waals surface area contributed by atoms with E-state index in [4.69, 9.17) is 27.9 Å². The van der Waals surface area contributed by atoms with Crippen LogP contribution in [0.2, 0.25) is 10.0 Å². The van der Waals surface area contributed by atoms with Gasteiger partial charge >= 0.3 is 18.9 Å². The van der Waals surface area contributed by atoms with Gasteiger partial charge in [-0.15, -0.1) is 0 Å². The predicted octanol–water partition coefficient (Wildman–Crippen LogP) is 1.46. The molecule has 0 unspecified atom stereocenters. The molecule has 0 N–H and O–H groups in total. The standard InChI is InChI=1S/C25H22Cl2N4O2.Li/c26-22-2-1-15(5-23(22)27)10-30-4-3-16(6-24(30)32)21-9-29-25-20(21)7-19(8-28-25)31-11-17-13-33-14-18(17)12-31;/h1-9,17-18H,10-14H2,(H,28,29,32);/q;+1/p-1/t17-,18+;. The van der Waals surface area contributed by atoms with E-state index < -0.39 is 0 Å². The number of benzene rings is 1. The molecular weight excluding hydrogens is 466 g/mol. The zero-order valence-corrected chi connectivity index (χ0v) is 20.3. The second-order valence-corrected chi connectivity index (χ2v) is 9.64. The molecule has 6 rings (SSSR count). The van der Waals surface area contributed by atoms with Gasteiger partial charge in [0, 0.05) is 42.9 Å². The number of aromatic nitrogens is 3. The molecule has 0 saturated carbocycles. The molecule has 3 aromatic heterocycles. The number of pyridine rings is 2. The molecule has 168 valence electrons. The molecule has 2 atom stereocenters. The minimum atomic E-state index is -0.0931. The number of halogens is 2. The van der Waals surface area contributed by atoms with Gasteiger partial charge in [0.15, 0.2) is 0 Å². The SMILES string of the molecule is O=c1cc(-c2c[n-]c3ncc(N4C[C@H]5COC[C@H]5C4)cc23)ccn1Cc1ccc(Cl)c(Cl)c1.[Li+]. The molecule has 2 fully saturated rings. The Kier molecular flexibility index (Phi) is 6.54. The van der Waals surface area contributed by atoms with Crippen molar-refractivity contribution in [3.8, 4) is 11.1 Å². The summed E-state index contributed by atoms with van der Waals surface area (Å²) in [7, 11) is 0. The summed E-state index contributed by atoms with van der Waals surface area (Å²) in [5.41, 5.74) is 4.36. The van der Waals surface area contributed by atoms with E-state index in [-0.39, 0.29) is 24.4 Å². The van der Waals surface area contributed by atoms with E-state index >= 15 is 0 Å². The molecule has 4 aromatic rings. The maximum absolute atomic E-state index is 12.9. The molecule has 0 amide bonds. The van der Waals surface area contributed by atoms with E-state index in [0.29, 0.717) is 34.1 Å². The summed E-state index contributed by atoms with van der Waals surface area (Å²) in [5.74, 6) is 1.20. The summed E-state index contributed by atoms with van der Waals surface area (Å²) >= 11 is 12.1. The second-order valence-electron chi connectivity index (χ2n) is 8.83. The van der Waals surface area contributed by atoms with Crippen LogP contribution in [0.15, 0.2) is 59.8 Å². The first-order chi connectivity index (χ1) is 16.0. The molecule has 2 aliphatic heterocycles. The summed E-state index contributed by atoms with van der Waals surface area (Å²) in [4.78, 5) is 24.3. The molecule has 1 aromatic carbocycles. The summed E-state index contributed by atoms with van der Waals surface area (Å²) in [5, 5.41) is 1.94. The summed E-state index contributed by atoms with van der Waals surface area (Å²) < 4.78 is 7.25. The molecule has 2 aliphatic rings. The monoisotopic (exact) mass is 486 g/mol. The number of ether oxygens (including phenoxy) is 1. The first-order valence-electron chi connectivity index (χ1n) is 10.9. The van der Waals surface area contributed by atoms with Gasteiger partial charge in [0.2, 0.25) is 0 Å². The minimum Gasteiger partial charge on any atom is -0.442 e. The van der Waals surface area contributed by atoms with Gasteiger partial charge < -0.3 is 24.2 Å². The van der Waals surface area contributed by atoms with E-state index in [0.717, 1.165) is 54.1 Å². The Morgan fingerprint density at radius 3 is 2.59 bits per heavy atom. The molecule has 0 radical (unpaired) electrons. The summed E-state index contributed by atoms with van der Waals surface area (Å²) in [6.45, 7) is 4.10. The van der Waals surface area contributed by atoms with E-state index in [9.17, 15) is 4.79 Å². The van der Waals surface area contributed by atoms with Crippen LogP contribution in [0.3, 0.4) is 0 Å². The molecule has 34 heavy (non-hydrogen) atoms. The average Bonchev–Trinajstić information content (AvgIpc) is 3.52. The number of anilines is 1. The second kappa shape index (κ2) is 9.45. The average molecular weight is 487 g/mol. The van der Waals surface area contributed by atoms with Crippen LogP contribution in [0.25, 0.3) is 22.2 Å². The summed E-state index contributed by atoms with van der Waals surface area (Å²) in [6, 6.07) is 11.1. The van der Waals surface area contributed by atoms with Crippen molar-refractivity contribution in [3.05, 3.63) is 81.0 Å². The number of fused-ring (bicyclic) bond motifs is 2. The van der Waals surface area contributed by atoms with Gasteiger partial charge in [-0.05, 0) is 46.3 Å². The fourth-order valence-corrected chi connectivity index (χ4v) is 5.21. The van der Waals surface area contributed by atoms with Gasteiger partial charge in [-0.3, -0.25) is 4.79 Å². The van der Waals surface area contributed by atoms with E-state index in [1.807, 2.05) is 18.3 Å². The molecular formula is C25H21Cl2LiN4O2. The van der Waals surface area contributed by atoms with E-state index in [2.05, 4.69) is 20.9 Å². The Morgan fingerprint density at radius 1 is 1.06 bits per heavy atom. The maximum Gasteiger partial charge on any atom is 1.00 e. The Labute approximate surface area is 219 Å². The largest absolute Gasteiger partial charge is 1.00 e. The maximum atomic E-state index is 12.9. The van der Waals surface area contributed by atoms with Crippen LogP contribution in [0.4, 0.5) is 5.69 Å². The molecule has 6 nitrogen and oxygen atoms in total. The minimum absolute atomic E-state index is 0. The van der Waals surface area contributed by atoms with Gasteiger partial charge in [0.1, 0.15) is 0 Å². The van der Waals surface area contributed by atoms with Gasteiger partial charge in [0.05, 0.1) is 29.8 Å². The van der Waals surface area contributed by atoms with E-state index in [1.165, 1.54) is 0 Å². The van der Waals surface area contributed by atoms with Crippen LogP contribution < -0.4 is 34.3 Å². The van der Waals surface area contributed by atoms with E-state index in [1.54, 1.807) is 35.2 Å². The first kappa shape index (κ1) is 23.5. The Hall–Kier alpha value is -2.20. The van der Waals surface area contributed by atoms with Gasteiger partial charge in [-0.2, -0.15) is 0 Å². The fraction of sp³-hybridized carbons (Fsp3) is 0.280. The van der Waals surface area contributed by atoms with Gasteiger partial charge in [0.25, 0.3) is 5.56 Å². The molecule has 0 spiro atoms. The smallest absolute Gasteiger partial charge is 0.442 e. The van der Waals surface area contributed by atoms with Crippen molar-refractivity contribution in [1.29, 1.82) is 0 Å². The van der Waals surface area contributed by atoms with Gasteiger partial charge in [-0.1, -0.05) is 47.3 Å². The number of hydrogen-bond acceptors (Lipinski definition) is 4. The number of nitrogens with zero attached hydrogens (tertiary/aromatic N) is 4. The van der Waals surface area contributed by atoms with Crippen LogP contribution in [0, 0.1) is 11.8 Å². The van der Waals surface area contributed by atoms with Crippen molar-refractivity contribution in [2.75, 3.05) is 31.2 Å². The molecule has 2 saturated heterocycles. The third kappa shape index (κ3) is 4.30. The van der Waals surface area contributed by atoms with Crippen molar-refractivity contribution in [2.24, 2.45) is 11.8 Å². The van der Waals surface area contributed by atoms with Crippen LogP contribution in [-0.4, -0.2) is 35.9 Å². The Balaban J connectivity index is 0.00000241. The van der Waals surface area contributed by atoms with Crippen LogP contribution in [0.5, 0.6) is 0 Å².